The average Bonchev–Trinajstić information content (AvgIpc) is 2.67. The molecule has 0 spiro atoms. The number of hydrogen-bond donors (Lipinski definition) is 0. The summed E-state index contributed by atoms with van der Waals surface area (Å²) in [7, 11) is 1.45. The fraction of sp³-hybridized carbons (Fsp3) is 0.0909. The molecule has 0 amide bonds. The first-order valence-electron chi connectivity index (χ1n) is 8.17. The van der Waals surface area contributed by atoms with E-state index in [2.05, 4.69) is 0 Å². The van der Waals surface area contributed by atoms with Crippen molar-refractivity contribution < 1.29 is 22.3 Å². The number of benzene rings is 3. The number of allylic oxidation sites excluding steroid dienone is 1. The molecule has 0 aliphatic heterocycles. The van der Waals surface area contributed by atoms with Gasteiger partial charge in [0, 0.05) is 5.57 Å². The Morgan fingerprint density at radius 2 is 1.22 bits per heavy atom. The molecule has 0 aliphatic rings. The van der Waals surface area contributed by atoms with Crippen LogP contribution in [0.2, 0.25) is 0 Å². The van der Waals surface area contributed by atoms with Crippen molar-refractivity contribution in [1.29, 1.82) is 0 Å². The van der Waals surface area contributed by atoms with E-state index in [1.807, 2.05) is 0 Å². The zero-order chi connectivity index (χ0) is 19.4. The predicted molar refractivity (Wildman–Crippen MR) is 97.8 cm³/mol. The second-order valence-corrected chi connectivity index (χ2v) is 5.85. The summed E-state index contributed by atoms with van der Waals surface area (Å²) < 4.78 is 60.8. The van der Waals surface area contributed by atoms with Crippen LogP contribution in [-0.2, 0) is 0 Å². The molecule has 3 rings (SSSR count). The van der Waals surface area contributed by atoms with Crippen LogP contribution >= 0.6 is 0 Å². The quantitative estimate of drug-likeness (QED) is 0.383. The van der Waals surface area contributed by atoms with E-state index in [0.717, 1.165) is 12.1 Å². The van der Waals surface area contributed by atoms with Gasteiger partial charge in [-0.3, -0.25) is 0 Å². The monoisotopic (exact) mass is 372 g/mol. The highest BCUT2D eigenvalue weighted by atomic mass is 19.4. The molecule has 0 atom stereocenters. The molecule has 0 aromatic heterocycles. The van der Waals surface area contributed by atoms with E-state index in [9.17, 15) is 17.6 Å². The SMILES string of the molecule is COc1ccc(C(=C(c2ccccc2)c2ccc(F)cc2)C(F)(F)F)cc1. The molecule has 3 aromatic rings. The fourth-order valence-corrected chi connectivity index (χ4v) is 2.88. The summed E-state index contributed by atoms with van der Waals surface area (Å²) in [5.74, 6) is -0.0486. The van der Waals surface area contributed by atoms with Crippen LogP contribution in [0.25, 0.3) is 11.1 Å². The normalized spacial score (nSPS) is 12.5. The van der Waals surface area contributed by atoms with Gasteiger partial charge in [-0.2, -0.15) is 13.2 Å². The molecule has 5 heteroatoms. The van der Waals surface area contributed by atoms with Crippen molar-refractivity contribution in [3.63, 3.8) is 0 Å². The fourth-order valence-electron chi connectivity index (χ4n) is 2.88. The molecule has 3 aromatic carbocycles. The van der Waals surface area contributed by atoms with Crippen LogP contribution in [0.1, 0.15) is 16.7 Å². The number of rotatable bonds is 4. The van der Waals surface area contributed by atoms with Crippen molar-refractivity contribution in [3.05, 3.63) is 101 Å². The summed E-state index contributed by atoms with van der Waals surface area (Å²) in [4.78, 5) is 0. The Morgan fingerprint density at radius 3 is 1.74 bits per heavy atom. The third-order valence-corrected chi connectivity index (χ3v) is 4.11. The molecular weight excluding hydrogens is 356 g/mol. The van der Waals surface area contributed by atoms with Gasteiger partial charge in [-0.25, -0.2) is 4.39 Å². The molecule has 0 unspecified atom stereocenters. The number of alkyl halides is 3. The molecule has 0 saturated carbocycles. The maximum absolute atomic E-state index is 14.1. The van der Waals surface area contributed by atoms with Gasteiger partial charge in [-0.1, -0.05) is 54.6 Å². The van der Waals surface area contributed by atoms with Gasteiger partial charge in [0.25, 0.3) is 0 Å². The lowest BCUT2D eigenvalue weighted by atomic mass is 9.89. The van der Waals surface area contributed by atoms with Crippen molar-refractivity contribution in [3.8, 4) is 5.75 Å². The second kappa shape index (κ2) is 7.66. The Bertz CT molecular complexity index is 925. The van der Waals surface area contributed by atoms with E-state index >= 15 is 0 Å². The van der Waals surface area contributed by atoms with Crippen LogP contribution in [0.4, 0.5) is 17.6 Å². The molecule has 27 heavy (non-hydrogen) atoms. The van der Waals surface area contributed by atoms with Crippen molar-refractivity contribution >= 4 is 11.1 Å². The maximum Gasteiger partial charge on any atom is 0.417 e. The molecule has 138 valence electrons. The van der Waals surface area contributed by atoms with Gasteiger partial charge in [0.2, 0.25) is 0 Å². The number of ether oxygens (including phenoxy) is 1. The lowest BCUT2D eigenvalue weighted by Crippen LogP contribution is -2.14. The third-order valence-electron chi connectivity index (χ3n) is 4.11. The highest BCUT2D eigenvalue weighted by molar-refractivity contribution is 6.00. The minimum absolute atomic E-state index is 0.00600. The number of methoxy groups -OCH3 is 1. The highest BCUT2D eigenvalue weighted by Crippen LogP contribution is 2.42. The molecule has 0 bridgehead atoms. The Balaban J connectivity index is 2.33. The third kappa shape index (κ3) is 4.19. The first-order valence-corrected chi connectivity index (χ1v) is 8.17. The summed E-state index contributed by atoms with van der Waals surface area (Å²) >= 11 is 0. The van der Waals surface area contributed by atoms with Gasteiger partial charge in [0.1, 0.15) is 11.6 Å². The summed E-state index contributed by atoms with van der Waals surface area (Å²) in [5, 5.41) is 0. The molecule has 0 heterocycles. The average molecular weight is 372 g/mol. The zero-order valence-corrected chi connectivity index (χ0v) is 14.4. The minimum atomic E-state index is -4.62. The summed E-state index contributed by atoms with van der Waals surface area (Å²) in [5.41, 5.74) is -0.110. The van der Waals surface area contributed by atoms with E-state index < -0.39 is 17.6 Å². The summed E-state index contributed by atoms with van der Waals surface area (Å²) in [6.45, 7) is 0. The first-order chi connectivity index (χ1) is 12.9. The van der Waals surface area contributed by atoms with E-state index in [1.165, 1.54) is 43.5 Å². The van der Waals surface area contributed by atoms with Crippen LogP contribution in [0.15, 0.2) is 78.9 Å². The molecule has 0 fully saturated rings. The maximum atomic E-state index is 14.1. The smallest absolute Gasteiger partial charge is 0.417 e. The molecule has 0 aliphatic carbocycles. The molecule has 1 nitrogen and oxygen atoms in total. The zero-order valence-electron chi connectivity index (χ0n) is 14.4. The topological polar surface area (TPSA) is 9.23 Å². The van der Waals surface area contributed by atoms with E-state index in [-0.39, 0.29) is 16.7 Å². The lowest BCUT2D eigenvalue weighted by molar-refractivity contribution is -0.0685. The first kappa shape index (κ1) is 18.7. The van der Waals surface area contributed by atoms with Gasteiger partial charge in [-0.15, -0.1) is 0 Å². The van der Waals surface area contributed by atoms with Crippen molar-refractivity contribution in [2.24, 2.45) is 0 Å². The molecule has 0 radical (unpaired) electrons. The molecule has 0 saturated heterocycles. The standard InChI is InChI=1S/C22H16F4O/c1-27-19-13-9-17(10-14-19)21(22(24,25)26)20(15-5-3-2-4-6-15)16-7-11-18(23)12-8-16/h2-14H,1H3. The Hall–Kier alpha value is -3.08. The van der Waals surface area contributed by atoms with Gasteiger partial charge in [0.05, 0.1) is 12.7 Å². The van der Waals surface area contributed by atoms with E-state index in [1.54, 1.807) is 30.3 Å². The van der Waals surface area contributed by atoms with E-state index in [4.69, 9.17) is 4.74 Å². The van der Waals surface area contributed by atoms with Gasteiger partial charge in [-0.05, 0) is 41.0 Å². The van der Waals surface area contributed by atoms with Crippen LogP contribution in [0, 0.1) is 5.82 Å². The van der Waals surface area contributed by atoms with E-state index in [0.29, 0.717) is 11.3 Å². The molecule has 0 N–H and O–H groups in total. The Kier molecular flexibility index (Phi) is 5.31. The van der Waals surface area contributed by atoms with Gasteiger partial charge >= 0.3 is 6.18 Å². The summed E-state index contributed by atoms with van der Waals surface area (Å²) in [6, 6.07) is 19.0. The Labute approximate surface area is 154 Å². The molecular formula is C22H16F4O. The second-order valence-electron chi connectivity index (χ2n) is 5.85. The van der Waals surface area contributed by atoms with Crippen molar-refractivity contribution in [1.82, 2.24) is 0 Å². The Morgan fingerprint density at radius 1 is 0.704 bits per heavy atom. The summed E-state index contributed by atoms with van der Waals surface area (Å²) in [6.07, 6.45) is -4.62. The minimum Gasteiger partial charge on any atom is -0.497 e. The van der Waals surface area contributed by atoms with Gasteiger partial charge < -0.3 is 4.74 Å². The largest absolute Gasteiger partial charge is 0.497 e. The van der Waals surface area contributed by atoms with Crippen LogP contribution in [0.5, 0.6) is 5.75 Å². The highest BCUT2D eigenvalue weighted by Gasteiger charge is 2.38. The van der Waals surface area contributed by atoms with Crippen molar-refractivity contribution in [2.45, 2.75) is 6.18 Å². The van der Waals surface area contributed by atoms with Crippen LogP contribution in [0.3, 0.4) is 0 Å². The number of halogens is 4. The van der Waals surface area contributed by atoms with Crippen LogP contribution < -0.4 is 4.74 Å². The lowest BCUT2D eigenvalue weighted by Gasteiger charge is -2.20. The number of hydrogen-bond acceptors (Lipinski definition) is 1. The predicted octanol–water partition coefficient (Wildman–Crippen LogP) is 6.36. The van der Waals surface area contributed by atoms with Crippen LogP contribution in [-0.4, -0.2) is 13.3 Å². The van der Waals surface area contributed by atoms with Gasteiger partial charge in [0.15, 0.2) is 0 Å². The van der Waals surface area contributed by atoms with Crippen molar-refractivity contribution in [2.75, 3.05) is 7.11 Å².